The molecule has 0 fully saturated rings. The Kier molecular flexibility index (Phi) is 1.70. The Bertz CT molecular complexity index is 1110. The number of hydrogen-bond donors (Lipinski definition) is 1. The van der Waals surface area contributed by atoms with E-state index < -0.39 is 0 Å². The van der Waals surface area contributed by atoms with Crippen LogP contribution in [-0.4, -0.2) is 4.98 Å². The molecule has 19 heavy (non-hydrogen) atoms. The van der Waals surface area contributed by atoms with E-state index in [0.29, 0.717) is 16.3 Å². The molecular weight excluding hydrogens is 242 g/mol. The minimum absolute atomic E-state index is 0.195. The van der Waals surface area contributed by atoms with Crippen LogP contribution in [-0.2, 0) is 0 Å². The van der Waals surface area contributed by atoms with Crippen molar-refractivity contribution in [2.45, 2.75) is 0 Å². The molecule has 0 aliphatic heterocycles. The Hall–Kier alpha value is -2.75. The van der Waals surface area contributed by atoms with Crippen molar-refractivity contribution in [3.05, 3.63) is 67.1 Å². The van der Waals surface area contributed by atoms with Crippen LogP contribution in [0.1, 0.15) is 0 Å². The Labute approximate surface area is 105 Å². The summed E-state index contributed by atoms with van der Waals surface area (Å²) >= 11 is 0. The molecule has 4 nitrogen and oxygen atoms in total. The van der Waals surface area contributed by atoms with Crippen LogP contribution in [0.5, 0.6) is 0 Å². The number of H-pyrrole nitrogens is 1. The highest BCUT2D eigenvalue weighted by atomic mass is 16.1. The number of fused-ring (bicyclic) bond motifs is 5. The second-order valence-corrected chi connectivity index (χ2v) is 4.56. The molecule has 0 spiro atoms. The van der Waals surface area contributed by atoms with Crippen molar-refractivity contribution in [2.24, 2.45) is 0 Å². The van der Waals surface area contributed by atoms with E-state index in [9.17, 15) is 14.4 Å². The fourth-order valence-corrected chi connectivity index (χ4v) is 2.71. The summed E-state index contributed by atoms with van der Waals surface area (Å²) in [6.07, 6.45) is 0. The highest BCUT2D eigenvalue weighted by molar-refractivity contribution is 6.20. The number of rotatable bonds is 0. The zero-order valence-electron chi connectivity index (χ0n) is 9.69. The van der Waals surface area contributed by atoms with Gasteiger partial charge in [-0.15, -0.1) is 0 Å². The zero-order valence-corrected chi connectivity index (χ0v) is 9.69. The largest absolute Gasteiger partial charge is 0.351 e. The lowest BCUT2D eigenvalue weighted by molar-refractivity contribution is 1.51. The number of hydrogen-bond acceptors (Lipinski definition) is 3. The number of nitrogens with one attached hydrogen (secondary N) is 1. The van der Waals surface area contributed by atoms with Crippen molar-refractivity contribution in [1.82, 2.24) is 4.98 Å². The standard InChI is InChI=1S/C15H7NO3/c17-9-5-6-10(18)14-11(9)12-13(16-14)7-3-1-2-4-8(7)15(12)19/h1-6,16H. The Morgan fingerprint density at radius 1 is 0.684 bits per heavy atom. The highest BCUT2D eigenvalue weighted by Crippen LogP contribution is 2.26. The van der Waals surface area contributed by atoms with Gasteiger partial charge >= 0.3 is 0 Å². The Morgan fingerprint density at radius 3 is 2.16 bits per heavy atom. The first-order valence-corrected chi connectivity index (χ1v) is 5.85. The van der Waals surface area contributed by atoms with Gasteiger partial charge in [-0.3, -0.25) is 14.4 Å². The molecule has 1 heterocycles. The second-order valence-electron chi connectivity index (χ2n) is 4.56. The first kappa shape index (κ1) is 10.2. The molecule has 0 aliphatic rings. The normalized spacial score (nSPS) is 11.8. The van der Waals surface area contributed by atoms with E-state index in [1.54, 1.807) is 12.1 Å². The summed E-state index contributed by atoms with van der Waals surface area (Å²) in [5, 5.41) is 1.86. The maximum atomic E-state index is 12.4. The predicted molar refractivity (Wildman–Crippen MR) is 74.5 cm³/mol. The Balaban J connectivity index is 2.52. The first-order valence-electron chi connectivity index (χ1n) is 5.85. The summed E-state index contributed by atoms with van der Waals surface area (Å²) in [5.74, 6) is 0. The van der Waals surface area contributed by atoms with Crippen molar-refractivity contribution in [3.8, 4) is 0 Å². The van der Waals surface area contributed by atoms with Crippen molar-refractivity contribution in [1.29, 1.82) is 0 Å². The molecule has 0 saturated carbocycles. The van der Waals surface area contributed by atoms with Crippen LogP contribution in [0.15, 0.2) is 50.8 Å². The third-order valence-electron chi connectivity index (χ3n) is 3.55. The van der Waals surface area contributed by atoms with E-state index in [1.807, 2.05) is 12.1 Å². The van der Waals surface area contributed by atoms with Gasteiger partial charge in [-0.1, -0.05) is 24.3 Å². The number of aromatic nitrogens is 1. The molecule has 0 aliphatic carbocycles. The zero-order chi connectivity index (χ0) is 13.1. The summed E-state index contributed by atoms with van der Waals surface area (Å²) in [6, 6.07) is 9.58. The molecule has 0 atom stereocenters. The van der Waals surface area contributed by atoms with Crippen LogP contribution in [0.2, 0.25) is 0 Å². The van der Waals surface area contributed by atoms with Crippen molar-refractivity contribution < 1.29 is 0 Å². The minimum Gasteiger partial charge on any atom is -0.351 e. The smallest absolute Gasteiger partial charge is 0.202 e. The van der Waals surface area contributed by atoms with Crippen molar-refractivity contribution in [3.63, 3.8) is 0 Å². The molecule has 1 N–H and O–H groups in total. The van der Waals surface area contributed by atoms with Crippen LogP contribution in [0.25, 0.3) is 32.6 Å². The molecule has 90 valence electrons. The van der Waals surface area contributed by atoms with Gasteiger partial charge in [0.15, 0.2) is 10.9 Å². The topological polar surface area (TPSA) is 67.0 Å². The summed E-state index contributed by atoms with van der Waals surface area (Å²) < 4.78 is 0. The lowest BCUT2D eigenvalue weighted by atomic mass is 10.2. The lowest BCUT2D eigenvalue weighted by Gasteiger charge is -1.88. The molecule has 0 amide bonds. The van der Waals surface area contributed by atoms with E-state index in [-0.39, 0.29) is 27.2 Å². The maximum Gasteiger partial charge on any atom is 0.202 e. The third kappa shape index (κ3) is 1.10. The summed E-state index contributed by atoms with van der Waals surface area (Å²) in [7, 11) is 0. The number of aromatic amines is 1. The van der Waals surface area contributed by atoms with Gasteiger partial charge in [0, 0.05) is 10.8 Å². The lowest BCUT2D eigenvalue weighted by Crippen LogP contribution is -2.09. The summed E-state index contributed by atoms with van der Waals surface area (Å²) in [5.41, 5.74) is 0.0402. The minimum atomic E-state index is -0.298. The van der Waals surface area contributed by atoms with Gasteiger partial charge in [-0.05, 0) is 12.1 Å². The molecule has 0 radical (unpaired) electrons. The van der Waals surface area contributed by atoms with Crippen LogP contribution in [0.4, 0.5) is 0 Å². The predicted octanol–water partition coefficient (Wildman–Crippen LogP) is 1.43. The van der Waals surface area contributed by atoms with Crippen LogP contribution in [0, 0.1) is 0 Å². The van der Waals surface area contributed by atoms with Gasteiger partial charge in [0.05, 0.1) is 21.8 Å². The molecule has 3 aromatic carbocycles. The van der Waals surface area contributed by atoms with Crippen LogP contribution >= 0.6 is 0 Å². The van der Waals surface area contributed by atoms with E-state index in [2.05, 4.69) is 4.98 Å². The van der Waals surface area contributed by atoms with Gasteiger partial charge in [-0.25, -0.2) is 0 Å². The average Bonchev–Trinajstić information content (AvgIpc) is 2.94. The van der Waals surface area contributed by atoms with Crippen LogP contribution < -0.4 is 16.3 Å². The average molecular weight is 249 g/mol. The maximum absolute atomic E-state index is 12.4. The van der Waals surface area contributed by atoms with E-state index in [1.165, 1.54) is 12.1 Å². The monoisotopic (exact) mass is 249 g/mol. The number of benzene rings is 2. The fraction of sp³-hybridized carbons (Fsp3) is 0. The van der Waals surface area contributed by atoms with Gasteiger partial charge in [0.2, 0.25) is 5.43 Å². The van der Waals surface area contributed by atoms with Crippen molar-refractivity contribution in [2.75, 3.05) is 0 Å². The van der Waals surface area contributed by atoms with Gasteiger partial charge in [0.1, 0.15) is 0 Å². The molecular formula is C15H7NO3. The molecule has 4 aromatic rings. The molecule has 4 rings (SSSR count). The summed E-state index contributed by atoms with van der Waals surface area (Å²) in [6.45, 7) is 0. The van der Waals surface area contributed by atoms with E-state index >= 15 is 0 Å². The van der Waals surface area contributed by atoms with Gasteiger partial charge < -0.3 is 4.98 Å². The van der Waals surface area contributed by atoms with Gasteiger partial charge in [-0.2, -0.15) is 0 Å². The van der Waals surface area contributed by atoms with Crippen molar-refractivity contribution >= 4 is 32.6 Å². The van der Waals surface area contributed by atoms with E-state index in [4.69, 9.17) is 0 Å². The molecule has 0 saturated heterocycles. The highest BCUT2D eigenvalue weighted by Gasteiger charge is 2.18. The second kappa shape index (κ2) is 3.17. The first-order chi connectivity index (χ1) is 9.18. The Morgan fingerprint density at radius 2 is 1.37 bits per heavy atom. The molecule has 0 bridgehead atoms. The molecule has 1 aromatic heterocycles. The SMILES string of the molecule is O=c1ccc(=O)c2c1[nH]c1c3ccccc3c(=O)c12. The summed E-state index contributed by atoms with van der Waals surface area (Å²) in [4.78, 5) is 39.0. The van der Waals surface area contributed by atoms with E-state index in [0.717, 1.165) is 5.39 Å². The third-order valence-corrected chi connectivity index (χ3v) is 3.55. The quantitative estimate of drug-likeness (QED) is 0.512. The molecule has 0 unspecified atom stereocenters. The van der Waals surface area contributed by atoms with Crippen LogP contribution in [0.3, 0.4) is 0 Å². The molecule has 4 heteroatoms. The fourth-order valence-electron chi connectivity index (χ4n) is 2.71. The van der Waals surface area contributed by atoms with Gasteiger partial charge in [0.25, 0.3) is 0 Å².